The van der Waals surface area contributed by atoms with Crippen LogP contribution in [0.15, 0.2) is 96.1 Å². The van der Waals surface area contributed by atoms with Crippen molar-refractivity contribution in [3.63, 3.8) is 0 Å². The Bertz CT molecular complexity index is 1450. The van der Waals surface area contributed by atoms with Crippen LogP contribution in [0.25, 0.3) is 10.8 Å². The summed E-state index contributed by atoms with van der Waals surface area (Å²) in [5, 5.41) is 15.9. The number of phenolic OH excluding ortho intramolecular Hbond substituents is 1. The van der Waals surface area contributed by atoms with Crippen LogP contribution in [0.2, 0.25) is 0 Å². The van der Waals surface area contributed by atoms with Crippen LogP contribution >= 0.6 is 0 Å². The fourth-order valence-electron chi connectivity index (χ4n) is 3.56. The number of nitrogens with zero attached hydrogens (tertiary/aromatic N) is 2. The predicted molar refractivity (Wildman–Crippen MR) is 135 cm³/mol. The highest BCUT2D eigenvalue weighted by Gasteiger charge is 2.17. The number of phenols is 1. The van der Waals surface area contributed by atoms with E-state index < -0.39 is 15.9 Å². The van der Waals surface area contributed by atoms with Crippen molar-refractivity contribution in [2.24, 2.45) is 5.10 Å². The number of hydrogen-bond donors (Lipinski definition) is 2. The fourth-order valence-corrected chi connectivity index (χ4v) is 4.45. The van der Waals surface area contributed by atoms with Crippen molar-refractivity contribution in [3.05, 3.63) is 108 Å². The molecule has 0 saturated carbocycles. The number of anilines is 1. The average molecular weight is 474 g/mol. The van der Waals surface area contributed by atoms with E-state index >= 15 is 0 Å². The van der Waals surface area contributed by atoms with Gasteiger partial charge >= 0.3 is 0 Å². The molecule has 0 saturated heterocycles. The average Bonchev–Trinajstić information content (AvgIpc) is 2.84. The van der Waals surface area contributed by atoms with Gasteiger partial charge in [0, 0.05) is 11.1 Å². The molecule has 2 N–H and O–H groups in total. The third kappa shape index (κ3) is 5.24. The van der Waals surface area contributed by atoms with Gasteiger partial charge in [0.25, 0.3) is 5.91 Å². The molecule has 0 radical (unpaired) electrons. The summed E-state index contributed by atoms with van der Waals surface area (Å²) in [4.78, 5) is 12.5. The second-order valence-electron chi connectivity index (χ2n) is 7.72. The molecule has 4 rings (SSSR count). The van der Waals surface area contributed by atoms with Crippen molar-refractivity contribution < 1.29 is 18.3 Å². The molecular formula is C26H23N3O4S. The topological polar surface area (TPSA) is 99.1 Å². The minimum Gasteiger partial charge on any atom is -0.507 e. The maximum atomic E-state index is 12.5. The van der Waals surface area contributed by atoms with Crippen molar-refractivity contribution in [3.8, 4) is 5.75 Å². The highest BCUT2D eigenvalue weighted by Crippen LogP contribution is 2.25. The lowest BCUT2D eigenvalue weighted by molar-refractivity contribution is 0.0955. The van der Waals surface area contributed by atoms with Gasteiger partial charge in [-0.25, -0.2) is 13.8 Å². The molecule has 0 unspecified atom stereocenters. The Labute approximate surface area is 198 Å². The number of nitrogens with one attached hydrogen (secondary N) is 1. The summed E-state index contributed by atoms with van der Waals surface area (Å²) in [7, 11) is -3.49. The Hall–Kier alpha value is -4.17. The van der Waals surface area contributed by atoms with E-state index in [2.05, 4.69) is 10.5 Å². The number of sulfonamides is 1. The monoisotopic (exact) mass is 473 g/mol. The van der Waals surface area contributed by atoms with Crippen LogP contribution in [0.3, 0.4) is 0 Å². The SMILES string of the molecule is CS(=O)(=O)N(Cc1ccc(C(=O)N/N=C\c2c(O)ccc3ccccc23)cc1)c1ccccc1. The smallest absolute Gasteiger partial charge is 0.271 e. The summed E-state index contributed by atoms with van der Waals surface area (Å²) in [6, 6.07) is 26.4. The number of amides is 1. The molecule has 172 valence electrons. The molecule has 8 heteroatoms. The lowest BCUT2D eigenvalue weighted by atomic mass is 10.0. The third-order valence-electron chi connectivity index (χ3n) is 5.29. The minimum atomic E-state index is -3.49. The molecule has 0 bridgehead atoms. The normalized spacial score (nSPS) is 11.6. The van der Waals surface area contributed by atoms with Gasteiger partial charge in [-0.1, -0.05) is 60.7 Å². The first-order valence-electron chi connectivity index (χ1n) is 10.5. The predicted octanol–water partition coefficient (Wildman–Crippen LogP) is 4.28. The van der Waals surface area contributed by atoms with E-state index in [4.69, 9.17) is 0 Å². The first kappa shape index (κ1) is 23.0. The van der Waals surface area contributed by atoms with Crippen molar-refractivity contribution >= 4 is 38.6 Å². The Kier molecular flexibility index (Phi) is 6.60. The standard InChI is InChI=1S/C26H23N3O4S/c1-34(32,33)29(22-8-3-2-4-9-22)18-19-11-13-21(14-12-19)26(31)28-27-17-24-23-10-6-5-7-20(23)15-16-25(24)30/h2-17,30H,18H2,1H3,(H,28,31)/b27-17-. The number of hydrogen-bond acceptors (Lipinski definition) is 5. The van der Waals surface area contributed by atoms with E-state index in [1.165, 1.54) is 10.5 Å². The van der Waals surface area contributed by atoms with Gasteiger partial charge in [0.15, 0.2) is 0 Å². The van der Waals surface area contributed by atoms with Gasteiger partial charge in [0.2, 0.25) is 10.0 Å². The molecule has 0 heterocycles. The van der Waals surface area contributed by atoms with Crippen LogP contribution in [0.1, 0.15) is 21.5 Å². The van der Waals surface area contributed by atoms with Crippen LogP contribution in [-0.4, -0.2) is 31.9 Å². The second kappa shape index (κ2) is 9.76. The van der Waals surface area contributed by atoms with Crippen LogP contribution in [0.5, 0.6) is 5.75 Å². The summed E-state index contributed by atoms with van der Waals surface area (Å²) in [5.41, 5.74) is 4.64. The molecule has 34 heavy (non-hydrogen) atoms. The van der Waals surface area contributed by atoms with E-state index in [9.17, 15) is 18.3 Å². The van der Waals surface area contributed by atoms with Gasteiger partial charge < -0.3 is 5.11 Å². The Morgan fingerprint density at radius 2 is 1.62 bits per heavy atom. The van der Waals surface area contributed by atoms with Crippen molar-refractivity contribution in [2.75, 3.05) is 10.6 Å². The fraction of sp³-hybridized carbons (Fsp3) is 0.0769. The maximum Gasteiger partial charge on any atom is 0.271 e. The number of fused-ring (bicyclic) bond motifs is 1. The first-order chi connectivity index (χ1) is 16.3. The maximum absolute atomic E-state index is 12.5. The van der Waals surface area contributed by atoms with Crippen molar-refractivity contribution in [1.29, 1.82) is 0 Å². The zero-order valence-electron chi connectivity index (χ0n) is 18.4. The number of aromatic hydroxyl groups is 1. The molecule has 7 nitrogen and oxygen atoms in total. The van der Waals surface area contributed by atoms with E-state index in [1.807, 2.05) is 36.4 Å². The molecule has 0 fully saturated rings. The Morgan fingerprint density at radius 3 is 2.32 bits per heavy atom. The third-order valence-corrected chi connectivity index (χ3v) is 6.43. The summed E-state index contributed by atoms with van der Waals surface area (Å²) in [5.74, 6) is -0.361. The quantitative estimate of drug-likeness (QED) is 0.309. The van der Waals surface area contributed by atoms with Crippen molar-refractivity contribution in [1.82, 2.24) is 5.43 Å². The number of rotatable bonds is 7. The molecule has 1 amide bonds. The lowest BCUT2D eigenvalue weighted by Gasteiger charge is -2.22. The zero-order valence-corrected chi connectivity index (χ0v) is 19.2. The Morgan fingerprint density at radius 1 is 0.941 bits per heavy atom. The summed E-state index contributed by atoms with van der Waals surface area (Å²) in [6.45, 7) is 0.142. The molecule has 0 aromatic heterocycles. The summed E-state index contributed by atoms with van der Waals surface area (Å²) in [6.07, 6.45) is 2.57. The van der Waals surface area contributed by atoms with Gasteiger partial charge in [0.1, 0.15) is 5.75 Å². The molecule has 0 aliphatic rings. The van der Waals surface area contributed by atoms with Gasteiger partial charge in [-0.05, 0) is 46.7 Å². The van der Waals surface area contributed by atoms with Crippen LogP contribution < -0.4 is 9.73 Å². The van der Waals surface area contributed by atoms with Crippen LogP contribution in [-0.2, 0) is 16.6 Å². The summed E-state index contributed by atoms with van der Waals surface area (Å²) < 4.78 is 25.9. The molecule has 0 aliphatic heterocycles. The highest BCUT2D eigenvalue weighted by atomic mass is 32.2. The summed E-state index contributed by atoms with van der Waals surface area (Å²) >= 11 is 0. The second-order valence-corrected chi connectivity index (χ2v) is 9.63. The molecule has 0 aliphatic carbocycles. The van der Waals surface area contributed by atoms with Gasteiger partial charge in [0.05, 0.1) is 24.7 Å². The van der Waals surface area contributed by atoms with E-state index in [0.29, 0.717) is 16.8 Å². The number of carbonyl (C=O) groups is 1. The zero-order chi connectivity index (χ0) is 24.1. The van der Waals surface area contributed by atoms with E-state index in [1.54, 1.807) is 54.6 Å². The number of para-hydroxylation sites is 1. The molecule has 4 aromatic rings. The number of carbonyl (C=O) groups excluding carboxylic acids is 1. The van der Waals surface area contributed by atoms with E-state index in [-0.39, 0.29) is 12.3 Å². The number of hydrazone groups is 1. The van der Waals surface area contributed by atoms with Gasteiger partial charge in [-0.15, -0.1) is 0 Å². The highest BCUT2D eigenvalue weighted by molar-refractivity contribution is 7.92. The van der Waals surface area contributed by atoms with Gasteiger partial charge in [-0.3, -0.25) is 9.10 Å². The van der Waals surface area contributed by atoms with Gasteiger partial charge in [-0.2, -0.15) is 5.10 Å². The molecular weight excluding hydrogens is 450 g/mol. The molecule has 4 aromatic carbocycles. The minimum absolute atomic E-state index is 0.0647. The Balaban J connectivity index is 1.46. The first-order valence-corrected chi connectivity index (χ1v) is 12.3. The van der Waals surface area contributed by atoms with Crippen LogP contribution in [0, 0.1) is 0 Å². The van der Waals surface area contributed by atoms with Crippen molar-refractivity contribution in [2.45, 2.75) is 6.54 Å². The van der Waals surface area contributed by atoms with E-state index in [0.717, 1.165) is 22.6 Å². The lowest BCUT2D eigenvalue weighted by Crippen LogP contribution is -2.29. The largest absolute Gasteiger partial charge is 0.507 e. The number of benzene rings is 4. The molecule has 0 atom stereocenters. The van der Waals surface area contributed by atoms with Crippen LogP contribution in [0.4, 0.5) is 5.69 Å². The molecule has 0 spiro atoms.